The molecule has 0 atom stereocenters. The van der Waals surface area contributed by atoms with Crippen molar-refractivity contribution in [3.63, 3.8) is 0 Å². The highest BCUT2D eigenvalue weighted by Gasteiger charge is 2.30. The standard InChI is InChI=1S/C8H12O2/c1-10-7-8(6-9)4-2-3-5-8/h2-3,6H,4-5,7H2,1H3. The zero-order chi connectivity index (χ0) is 7.45. The topological polar surface area (TPSA) is 26.3 Å². The van der Waals surface area contributed by atoms with Crippen LogP contribution < -0.4 is 0 Å². The van der Waals surface area contributed by atoms with E-state index in [0.29, 0.717) is 6.61 Å². The van der Waals surface area contributed by atoms with Crippen LogP contribution in [0.2, 0.25) is 0 Å². The molecule has 0 spiro atoms. The summed E-state index contributed by atoms with van der Waals surface area (Å²) in [7, 11) is 1.63. The molecule has 0 heterocycles. The predicted octanol–water partition coefficient (Wildman–Crippen LogP) is 1.17. The Kier molecular flexibility index (Phi) is 2.22. The Morgan fingerprint density at radius 3 is 2.60 bits per heavy atom. The summed E-state index contributed by atoms with van der Waals surface area (Å²) >= 11 is 0. The summed E-state index contributed by atoms with van der Waals surface area (Å²) in [5, 5.41) is 0. The number of hydrogen-bond donors (Lipinski definition) is 0. The average Bonchev–Trinajstić information content (AvgIpc) is 2.39. The third-order valence-electron chi connectivity index (χ3n) is 1.90. The van der Waals surface area contributed by atoms with E-state index in [1.54, 1.807) is 7.11 Å². The normalized spacial score (nSPS) is 21.3. The summed E-state index contributed by atoms with van der Waals surface area (Å²) in [6, 6.07) is 0. The van der Waals surface area contributed by atoms with Crippen LogP contribution in [0.4, 0.5) is 0 Å². The van der Waals surface area contributed by atoms with Gasteiger partial charge < -0.3 is 9.53 Å². The molecule has 0 aliphatic heterocycles. The first-order valence-electron chi connectivity index (χ1n) is 3.43. The van der Waals surface area contributed by atoms with Gasteiger partial charge in [-0.15, -0.1) is 0 Å². The molecular weight excluding hydrogens is 128 g/mol. The molecule has 0 unspecified atom stereocenters. The zero-order valence-electron chi connectivity index (χ0n) is 6.17. The summed E-state index contributed by atoms with van der Waals surface area (Å²) in [5.74, 6) is 0. The number of carbonyl (C=O) groups is 1. The molecule has 0 aromatic rings. The maximum absolute atomic E-state index is 10.6. The summed E-state index contributed by atoms with van der Waals surface area (Å²) in [4.78, 5) is 10.6. The third-order valence-corrected chi connectivity index (χ3v) is 1.90. The molecule has 56 valence electrons. The van der Waals surface area contributed by atoms with E-state index >= 15 is 0 Å². The molecule has 10 heavy (non-hydrogen) atoms. The van der Waals surface area contributed by atoms with Crippen LogP contribution in [0.5, 0.6) is 0 Å². The smallest absolute Gasteiger partial charge is 0.129 e. The van der Waals surface area contributed by atoms with E-state index in [1.165, 1.54) is 0 Å². The van der Waals surface area contributed by atoms with Crippen molar-refractivity contribution in [3.05, 3.63) is 12.2 Å². The molecule has 2 heteroatoms. The minimum absolute atomic E-state index is 0.227. The van der Waals surface area contributed by atoms with Gasteiger partial charge in [-0.3, -0.25) is 0 Å². The van der Waals surface area contributed by atoms with Crippen molar-refractivity contribution >= 4 is 6.29 Å². The Morgan fingerprint density at radius 1 is 1.60 bits per heavy atom. The fourth-order valence-corrected chi connectivity index (χ4v) is 1.25. The minimum Gasteiger partial charge on any atom is -0.384 e. The van der Waals surface area contributed by atoms with Crippen LogP contribution in [0.15, 0.2) is 12.2 Å². The highest BCUT2D eigenvalue weighted by atomic mass is 16.5. The van der Waals surface area contributed by atoms with E-state index < -0.39 is 0 Å². The van der Waals surface area contributed by atoms with E-state index in [2.05, 4.69) is 0 Å². The van der Waals surface area contributed by atoms with Gasteiger partial charge in [-0.25, -0.2) is 0 Å². The first-order chi connectivity index (χ1) is 4.83. The van der Waals surface area contributed by atoms with Crippen molar-refractivity contribution in [1.29, 1.82) is 0 Å². The largest absolute Gasteiger partial charge is 0.384 e. The minimum atomic E-state index is -0.227. The molecule has 0 saturated heterocycles. The van der Waals surface area contributed by atoms with Gasteiger partial charge in [0.05, 0.1) is 12.0 Å². The second-order valence-electron chi connectivity index (χ2n) is 2.79. The van der Waals surface area contributed by atoms with E-state index in [1.807, 2.05) is 12.2 Å². The maximum atomic E-state index is 10.6. The van der Waals surface area contributed by atoms with Crippen molar-refractivity contribution in [3.8, 4) is 0 Å². The van der Waals surface area contributed by atoms with E-state index in [0.717, 1.165) is 19.1 Å². The molecule has 0 fully saturated rings. The number of aldehydes is 1. The van der Waals surface area contributed by atoms with Gasteiger partial charge in [0.2, 0.25) is 0 Å². The van der Waals surface area contributed by atoms with E-state index in [9.17, 15) is 4.79 Å². The first kappa shape index (κ1) is 7.48. The van der Waals surface area contributed by atoms with Gasteiger partial charge in [-0.05, 0) is 12.8 Å². The second-order valence-corrected chi connectivity index (χ2v) is 2.79. The van der Waals surface area contributed by atoms with Crippen molar-refractivity contribution in [2.45, 2.75) is 12.8 Å². The highest BCUT2D eigenvalue weighted by Crippen LogP contribution is 2.30. The van der Waals surface area contributed by atoms with Gasteiger partial charge in [-0.1, -0.05) is 12.2 Å². The Labute approximate surface area is 60.9 Å². The summed E-state index contributed by atoms with van der Waals surface area (Å²) in [5.41, 5.74) is -0.227. The van der Waals surface area contributed by atoms with Crippen molar-refractivity contribution < 1.29 is 9.53 Å². The van der Waals surface area contributed by atoms with Crippen molar-refractivity contribution in [2.24, 2.45) is 5.41 Å². The Morgan fingerprint density at radius 2 is 2.20 bits per heavy atom. The number of hydrogen-bond acceptors (Lipinski definition) is 2. The molecule has 0 aromatic heterocycles. The summed E-state index contributed by atoms with van der Waals surface area (Å²) in [6.07, 6.45) is 6.76. The molecule has 1 aliphatic rings. The van der Waals surface area contributed by atoms with E-state index in [-0.39, 0.29) is 5.41 Å². The molecule has 0 amide bonds. The molecule has 0 radical (unpaired) electrons. The van der Waals surface area contributed by atoms with Crippen LogP contribution in [0.3, 0.4) is 0 Å². The Bertz CT molecular complexity index is 141. The molecule has 1 aliphatic carbocycles. The van der Waals surface area contributed by atoms with Gasteiger partial charge >= 0.3 is 0 Å². The van der Waals surface area contributed by atoms with Crippen LogP contribution >= 0.6 is 0 Å². The Balaban J connectivity index is 2.52. The molecule has 0 saturated carbocycles. The molecule has 2 nitrogen and oxygen atoms in total. The average molecular weight is 140 g/mol. The summed E-state index contributed by atoms with van der Waals surface area (Å²) < 4.78 is 4.95. The molecular formula is C8H12O2. The van der Waals surface area contributed by atoms with Gasteiger partial charge in [0.1, 0.15) is 6.29 Å². The zero-order valence-corrected chi connectivity index (χ0v) is 6.17. The number of rotatable bonds is 3. The molecule has 1 rings (SSSR count). The number of carbonyl (C=O) groups excluding carboxylic acids is 1. The first-order valence-corrected chi connectivity index (χ1v) is 3.43. The second kappa shape index (κ2) is 2.97. The van der Waals surface area contributed by atoms with Crippen molar-refractivity contribution in [1.82, 2.24) is 0 Å². The van der Waals surface area contributed by atoms with Crippen LogP contribution in [0, 0.1) is 5.41 Å². The van der Waals surface area contributed by atoms with Gasteiger partial charge in [0, 0.05) is 7.11 Å². The lowest BCUT2D eigenvalue weighted by Gasteiger charge is -2.19. The fourth-order valence-electron chi connectivity index (χ4n) is 1.25. The maximum Gasteiger partial charge on any atom is 0.129 e. The van der Waals surface area contributed by atoms with Gasteiger partial charge in [0.15, 0.2) is 0 Å². The summed E-state index contributed by atoms with van der Waals surface area (Å²) in [6.45, 7) is 0.545. The third kappa shape index (κ3) is 1.27. The Hall–Kier alpha value is -0.630. The molecule has 0 N–H and O–H groups in total. The number of methoxy groups -OCH3 is 1. The number of allylic oxidation sites excluding steroid dienone is 2. The molecule has 0 aromatic carbocycles. The van der Waals surface area contributed by atoms with Crippen LogP contribution in [-0.2, 0) is 9.53 Å². The lowest BCUT2D eigenvalue weighted by Crippen LogP contribution is -2.24. The number of ether oxygens (including phenoxy) is 1. The SMILES string of the molecule is COCC1(C=O)CC=CC1. The lowest BCUT2D eigenvalue weighted by molar-refractivity contribution is -0.118. The molecule has 0 bridgehead atoms. The van der Waals surface area contributed by atoms with E-state index in [4.69, 9.17) is 4.74 Å². The monoisotopic (exact) mass is 140 g/mol. The fraction of sp³-hybridized carbons (Fsp3) is 0.625. The van der Waals surface area contributed by atoms with Gasteiger partial charge in [-0.2, -0.15) is 0 Å². The van der Waals surface area contributed by atoms with Crippen molar-refractivity contribution in [2.75, 3.05) is 13.7 Å². The lowest BCUT2D eigenvalue weighted by atomic mass is 9.88. The predicted molar refractivity (Wildman–Crippen MR) is 38.7 cm³/mol. The van der Waals surface area contributed by atoms with Crippen LogP contribution in [0.25, 0.3) is 0 Å². The quantitative estimate of drug-likeness (QED) is 0.434. The van der Waals surface area contributed by atoms with Crippen LogP contribution in [0.1, 0.15) is 12.8 Å². The van der Waals surface area contributed by atoms with Gasteiger partial charge in [0.25, 0.3) is 0 Å². The highest BCUT2D eigenvalue weighted by molar-refractivity contribution is 5.61. The van der Waals surface area contributed by atoms with Crippen LogP contribution in [-0.4, -0.2) is 20.0 Å².